The van der Waals surface area contributed by atoms with Crippen LogP contribution in [0.5, 0.6) is 0 Å². The summed E-state index contributed by atoms with van der Waals surface area (Å²) in [6.45, 7) is 11.9. The Hall–Kier alpha value is -1.36. The number of nitrogens with two attached hydrogens (primary N) is 1. The maximum absolute atomic E-state index is 11.8. The molecule has 0 aliphatic rings. The number of carbonyl (C=O) groups is 1. The zero-order valence-corrected chi connectivity index (χ0v) is 12.8. The summed E-state index contributed by atoms with van der Waals surface area (Å²) in [5, 5.41) is 4.43. The van der Waals surface area contributed by atoms with E-state index in [-0.39, 0.29) is 0 Å². The van der Waals surface area contributed by atoms with Crippen LogP contribution in [0.1, 0.15) is 44.6 Å². The summed E-state index contributed by atoms with van der Waals surface area (Å²) in [6.07, 6.45) is 0.930. The smallest absolute Gasteiger partial charge is 0.325 e. The van der Waals surface area contributed by atoms with Crippen LogP contribution in [-0.4, -0.2) is 27.4 Å². The molecule has 108 valence electrons. The van der Waals surface area contributed by atoms with Crippen molar-refractivity contribution in [2.45, 2.75) is 66.2 Å². The molecule has 1 aromatic rings. The van der Waals surface area contributed by atoms with Crippen molar-refractivity contribution in [3.05, 3.63) is 17.0 Å². The van der Waals surface area contributed by atoms with E-state index in [9.17, 15) is 4.79 Å². The standard InChI is InChI=1S/C14H25N3O2/c1-7-11-9(2)16-17(10(11)3)8-12(15)13(18)19-14(4,5)6/h12H,7-8,15H2,1-6H3. The molecule has 0 spiro atoms. The molecule has 19 heavy (non-hydrogen) atoms. The highest BCUT2D eigenvalue weighted by atomic mass is 16.6. The number of rotatable bonds is 4. The molecule has 1 heterocycles. The molecule has 1 rings (SSSR count). The lowest BCUT2D eigenvalue weighted by Gasteiger charge is -2.22. The molecule has 0 radical (unpaired) electrons. The van der Waals surface area contributed by atoms with E-state index in [1.807, 2.05) is 34.6 Å². The maximum atomic E-state index is 11.8. The first-order valence-electron chi connectivity index (χ1n) is 6.67. The number of ether oxygens (including phenoxy) is 1. The molecule has 1 aromatic heterocycles. The van der Waals surface area contributed by atoms with E-state index in [0.29, 0.717) is 6.54 Å². The minimum absolute atomic E-state index is 0.349. The van der Waals surface area contributed by atoms with Gasteiger partial charge in [-0.1, -0.05) is 6.92 Å². The van der Waals surface area contributed by atoms with E-state index in [0.717, 1.165) is 17.8 Å². The Morgan fingerprint density at radius 2 is 2.00 bits per heavy atom. The highest BCUT2D eigenvalue weighted by Crippen LogP contribution is 2.14. The van der Waals surface area contributed by atoms with Crippen LogP contribution in [-0.2, 0) is 22.5 Å². The second-order valence-electron chi connectivity index (χ2n) is 5.82. The molecule has 0 fully saturated rings. The van der Waals surface area contributed by atoms with Gasteiger partial charge in [0, 0.05) is 5.69 Å². The van der Waals surface area contributed by atoms with E-state index < -0.39 is 17.6 Å². The lowest BCUT2D eigenvalue weighted by atomic mass is 10.1. The Balaban J connectivity index is 2.77. The Kier molecular flexibility index (Phi) is 4.74. The SMILES string of the molecule is CCc1c(C)nn(CC(N)C(=O)OC(C)(C)C)c1C. The monoisotopic (exact) mass is 267 g/mol. The Bertz CT molecular complexity index is 458. The lowest BCUT2D eigenvalue weighted by Crippen LogP contribution is -2.40. The van der Waals surface area contributed by atoms with Gasteiger partial charge in [0.15, 0.2) is 0 Å². The summed E-state index contributed by atoms with van der Waals surface area (Å²) >= 11 is 0. The molecular formula is C14H25N3O2. The highest BCUT2D eigenvalue weighted by molar-refractivity contribution is 5.75. The van der Waals surface area contributed by atoms with Gasteiger partial charge in [0.25, 0.3) is 0 Å². The van der Waals surface area contributed by atoms with Gasteiger partial charge in [-0.25, -0.2) is 0 Å². The molecule has 0 bridgehead atoms. The van der Waals surface area contributed by atoms with Gasteiger partial charge < -0.3 is 10.5 Å². The summed E-state index contributed by atoms with van der Waals surface area (Å²) in [4.78, 5) is 11.8. The second kappa shape index (κ2) is 5.74. The van der Waals surface area contributed by atoms with Crippen molar-refractivity contribution in [1.82, 2.24) is 9.78 Å². The predicted molar refractivity (Wildman–Crippen MR) is 74.9 cm³/mol. The molecule has 0 amide bonds. The first-order valence-corrected chi connectivity index (χ1v) is 6.67. The van der Waals surface area contributed by atoms with Crippen molar-refractivity contribution in [2.75, 3.05) is 0 Å². The van der Waals surface area contributed by atoms with Gasteiger partial charge in [0.1, 0.15) is 11.6 Å². The van der Waals surface area contributed by atoms with Gasteiger partial charge in [-0.15, -0.1) is 0 Å². The zero-order valence-electron chi connectivity index (χ0n) is 12.8. The predicted octanol–water partition coefficient (Wildman–Crippen LogP) is 1.73. The van der Waals surface area contributed by atoms with Crippen LogP contribution in [0.4, 0.5) is 0 Å². The third-order valence-corrected chi connectivity index (χ3v) is 2.96. The van der Waals surface area contributed by atoms with Gasteiger partial charge in [-0.3, -0.25) is 9.48 Å². The number of esters is 1. The molecular weight excluding hydrogens is 242 g/mol. The van der Waals surface area contributed by atoms with Gasteiger partial charge >= 0.3 is 5.97 Å². The fraction of sp³-hybridized carbons (Fsp3) is 0.714. The Morgan fingerprint density at radius 3 is 2.42 bits per heavy atom. The molecule has 0 aromatic carbocycles. The molecule has 0 saturated carbocycles. The van der Waals surface area contributed by atoms with Crippen molar-refractivity contribution < 1.29 is 9.53 Å². The van der Waals surface area contributed by atoms with Gasteiger partial charge in [-0.05, 0) is 46.6 Å². The fourth-order valence-corrected chi connectivity index (χ4v) is 2.06. The number of hydrogen-bond donors (Lipinski definition) is 1. The van der Waals surface area contributed by atoms with E-state index >= 15 is 0 Å². The Labute approximate surface area is 115 Å². The number of carbonyl (C=O) groups excluding carboxylic acids is 1. The largest absolute Gasteiger partial charge is 0.459 e. The minimum Gasteiger partial charge on any atom is -0.459 e. The highest BCUT2D eigenvalue weighted by Gasteiger charge is 2.23. The molecule has 1 atom stereocenters. The van der Waals surface area contributed by atoms with Crippen molar-refractivity contribution in [1.29, 1.82) is 0 Å². The van der Waals surface area contributed by atoms with E-state index in [2.05, 4.69) is 12.0 Å². The van der Waals surface area contributed by atoms with Crippen molar-refractivity contribution in [3.63, 3.8) is 0 Å². The average Bonchev–Trinajstić information content (AvgIpc) is 2.51. The van der Waals surface area contributed by atoms with Crippen LogP contribution in [0, 0.1) is 13.8 Å². The number of nitrogens with zero attached hydrogens (tertiary/aromatic N) is 2. The van der Waals surface area contributed by atoms with E-state index in [4.69, 9.17) is 10.5 Å². The zero-order chi connectivity index (χ0) is 14.8. The van der Waals surface area contributed by atoms with Crippen LogP contribution in [0.3, 0.4) is 0 Å². The van der Waals surface area contributed by atoms with Crippen LogP contribution < -0.4 is 5.73 Å². The van der Waals surface area contributed by atoms with Crippen LogP contribution in [0.2, 0.25) is 0 Å². The number of aromatic nitrogens is 2. The van der Waals surface area contributed by atoms with Crippen molar-refractivity contribution in [3.8, 4) is 0 Å². The third kappa shape index (κ3) is 4.06. The van der Waals surface area contributed by atoms with Crippen LogP contribution >= 0.6 is 0 Å². The summed E-state index contributed by atoms with van der Waals surface area (Å²) in [5.74, 6) is -0.391. The van der Waals surface area contributed by atoms with Gasteiger partial charge in [0.2, 0.25) is 0 Å². The van der Waals surface area contributed by atoms with Crippen molar-refractivity contribution in [2.24, 2.45) is 5.73 Å². The first-order chi connectivity index (χ1) is 8.65. The minimum atomic E-state index is -0.693. The summed E-state index contributed by atoms with van der Waals surface area (Å²) in [5.41, 5.74) is 8.66. The fourth-order valence-electron chi connectivity index (χ4n) is 2.06. The lowest BCUT2D eigenvalue weighted by molar-refractivity contribution is -0.156. The normalized spacial score (nSPS) is 13.4. The number of aryl methyl sites for hydroxylation is 1. The topological polar surface area (TPSA) is 70.1 Å². The maximum Gasteiger partial charge on any atom is 0.325 e. The summed E-state index contributed by atoms with van der Waals surface area (Å²) < 4.78 is 7.06. The summed E-state index contributed by atoms with van der Waals surface area (Å²) in [6, 6.07) is -0.693. The molecule has 1 unspecified atom stereocenters. The molecule has 5 nitrogen and oxygen atoms in total. The summed E-state index contributed by atoms with van der Waals surface area (Å²) in [7, 11) is 0. The molecule has 0 saturated heterocycles. The second-order valence-corrected chi connectivity index (χ2v) is 5.82. The molecule has 2 N–H and O–H groups in total. The molecule has 0 aliphatic carbocycles. The third-order valence-electron chi connectivity index (χ3n) is 2.96. The van der Waals surface area contributed by atoms with Crippen molar-refractivity contribution >= 4 is 5.97 Å². The van der Waals surface area contributed by atoms with E-state index in [1.54, 1.807) is 4.68 Å². The van der Waals surface area contributed by atoms with Gasteiger partial charge in [-0.2, -0.15) is 5.10 Å². The molecule has 5 heteroatoms. The van der Waals surface area contributed by atoms with Gasteiger partial charge in [0.05, 0.1) is 12.2 Å². The van der Waals surface area contributed by atoms with E-state index in [1.165, 1.54) is 5.56 Å². The average molecular weight is 267 g/mol. The first kappa shape index (κ1) is 15.7. The number of hydrogen-bond acceptors (Lipinski definition) is 4. The quantitative estimate of drug-likeness (QED) is 0.843. The Morgan fingerprint density at radius 1 is 1.42 bits per heavy atom. The van der Waals surface area contributed by atoms with Crippen LogP contribution in [0.25, 0.3) is 0 Å². The van der Waals surface area contributed by atoms with Crippen LogP contribution in [0.15, 0.2) is 0 Å². The molecule has 0 aliphatic heterocycles.